The Morgan fingerprint density at radius 1 is 0.667 bits per heavy atom. The third-order valence-corrected chi connectivity index (χ3v) is 5.91. The molecule has 12 nitrogen and oxygen atoms in total. The minimum atomic E-state index is -1.17. The SMILES string of the molecule is CCCC(=O)OCCOC(=O)CCSCC(OC(=O)CCC(=O)O)C(CSC)OC(=O)CCC(=O)O. The summed E-state index contributed by atoms with van der Waals surface area (Å²) in [5.74, 6) is -4.09. The first kappa shape index (κ1) is 33.5. The molecule has 0 saturated heterocycles. The molecular formula is C22H34O12S2. The molecule has 2 N–H and O–H groups in total. The lowest BCUT2D eigenvalue weighted by Gasteiger charge is -2.26. The molecule has 206 valence electrons. The number of thioether (sulfide) groups is 2. The zero-order valence-corrected chi connectivity index (χ0v) is 22.1. The summed E-state index contributed by atoms with van der Waals surface area (Å²) in [6.07, 6.45) is -0.685. The summed E-state index contributed by atoms with van der Waals surface area (Å²) < 4.78 is 20.6. The molecule has 0 aromatic rings. The Hall–Kier alpha value is -2.48. The Labute approximate surface area is 218 Å². The zero-order chi connectivity index (χ0) is 27.3. The van der Waals surface area contributed by atoms with Gasteiger partial charge >= 0.3 is 35.8 Å². The van der Waals surface area contributed by atoms with Gasteiger partial charge in [0.2, 0.25) is 0 Å². The summed E-state index contributed by atoms with van der Waals surface area (Å²) in [6.45, 7) is 1.74. The fourth-order valence-electron chi connectivity index (χ4n) is 2.49. The van der Waals surface area contributed by atoms with E-state index in [1.165, 1.54) is 23.5 Å². The predicted molar refractivity (Wildman–Crippen MR) is 131 cm³/mol. The molecule has 0 spiro atoms. The first-order valence-electron chi connectivity index (χ1n) is 11.3. The highest BCUT2D eigenvalue weighted by Crippen LogP contribution is 2.18. The van der Waals surface area contributed by atoms with Crippen LogP contribution in [0.25, 0.3) is 0 Å². The molecule has 0 aliphatic heterocycles. The lowest BCUT2D eigenvalue weighted by atomic mass is 10.2. The number of ether oxygens (including phenoxy) is 4. The molecule has 36 heavy (non-hydrogen) atoms. The van der Waals surface area contributed by atoms with Crippen LogP contribution in [0.4, 0.5) is 0 Å². The quantitative estimate of drug-likeness (QED) is 0.119. The average molecular weight is 555 g/mol. The van der Waals surface area contributed by atoms with Crippen molar-refractivity contribution in [2.45, 2.75) is 64.1 Å². The Kier molecular flexibility index (Phi) is 19.3. The van der Waals surface area contributed by atoms with Gasteiger partial charge in [-0.25, -0.2) is 0 Å². The Balaban J connectivity index is 4.80. The summed E-state index contributed by atoms with van der Waals surface area (Å²) in [7, 11) is 0. The van der Waals surface area contributed by atoms with E-state index in [1.54, 1.807) is 6.26 Å². The molecule has 0 fully saturated rings. The normalized spacial score (nSPS) is 12.2. The van der Waals surface area contributed by atoms with Gasteiger partial charge in [-0.1, -0.05) is 6.92 Å². The first-order chi connectivity index (χ1) is 17.1. The number of carboxylic acid groups (broad SMARTS) is 2. The van der Waals surface area contributed by atoms with E-state index in [2.05, 4.69) is 0 Å². The molecule has 0 heterocycles. The van der Waals surface area contributed by atoms with Gasteiger partial charge in [-0.05, 0) is 12.7 Å². The van der Waals surface area contributed by atoms with Crippen LogP contribution in [-0.2, 0) is 47.7 Å². The molecule has 2 unspecified atom stereocenters. The number of aliphatic carboxylic acids is 2. The molecular weight excluding hydrogens is 520 g/mol. The van der Waals surface area contributed by atoms with Crippen LogP contribution in [0.2, 0.25) is 0 Å². The van der Waals surface area contributed by atoms with E-state index >= 15 is 0 Å². The van der Waals surface area contributed by atoms with Gasteiger partial charge in [-0.15, -0.1) is 0 Å². The maximum atomic E-state index is 12.1. The highest BCUT2D eigenvalue weighted by atomic mass is 32.2. The third-order valence-electron chi connectivity index (χ3n) is 4.19. The lowest BCUT2D eigenvalue weighted by Crippen LogP contribution is -2.39. The number of carboxylic acids is 2. The van der Waals surface area contributed by atoms with Gasteiger partial charge in [0.05, 0.1) is 32.1 Å². The topological polar surface area (TPSA) is 180 Å². The van der Waals surface area contributed by atoms with Crippen LogP contribution < -0.4 is 0 Å². The monoisotopic (exact) mass is 554 g/mol. The third kappa shape index (κ3) is 18.8. The van der Waals surface area contributed by atoms with Crippen molar-refractivity contribution in [1.82, 2.24) is 0 Å². The minimum Gasteiger partial charge on any atom is -0.481 e. The number of hydrogen-bond donors (Lipinski definition) is 2. The Morgan fingerprint density at radius 3 is 1.58 bits per heavy atom. The molecule has 0 bridgehead atoms. The largest absolute Gasteiger partial charge is 0.481 e. The summed E-state index contributed by atoms with van der Waals surface area (Å²) in [5, 5.41) is 17.5. The van der Waals surface area contributed by atoms with E-state index in [0.717, 1.165) is 0 Å². The van der Waals surface area contributed by atoms with Crippen LogP contribution in [0, 0.1) is 0 Å². The molecule has 0 saturated carbocycles. The van der Waals surface area contributed by atoms with Crippen LogP contribution >= 0.6 is 23.5 Å². The average Bonchev–Trinajstić information content (AvgIpc) is 2.81. The number of hydrogen-bond acceptors (Lipinski definition) is 12. The van der Waals surface area contributed by atoms with Gasteiger partial charge in [-0.3, -0.25) is 28.8 Å². The molecule has 0 aromatic carbocycles. The molecule has 0 aliphatic carbocycles. The summed E-state index contributed by atoms with van der Waals surface area (Å²) in [5.41, 5.74) is 0. The standard InChI is InChI=1S/C22H34O12S2/c1-3-4-19(27)31-10-11-32-20(28)9-12-36-14-16(34-22(30)8-6-18(25)26)15(13-35-2)33-21(29)7-5-17(23)24/h15-16H,3-14H2,1-2H3,(H,23,24)(H,25,26). The van der Waals surface area contributed by atoms with Gasteiger partial charge in [-0.2, -0.15) is 23.5 Å². The van der Waals surface area contributed by atoms with Crippen LogP contribution in [0.15, 0.2) is 0 Å². The second kappa shape index (κ2) is 20.7. The van der Waals surface area contributed by atoms with Crippen molar-refractivity contribution in [2.75, 3.05) is 36.7 Å². The maximum absolute atomic E-state index is 12.1. The highest BCUT2D eigenvalue weighted by Gasteiger charge is 2.29. The molecule has 0 aromatic heterocycles. The summed E-state index contributed by atoms with van der Waals surface area (Å²) >= 11 is 2.54. The second-order valence-corrected chi connectivity index (χ2v) is 9.38. The first-order valence-corrected chi connectivity index (χ1v) is 13.8. The highest BCUT2D eigenvalue weighted by molar-refractivity contribution is 7.99. The minimum absolute atomic E-state index is 0.0266. The van der Waals surface area contributed by atoms with E-state index in [4.69, 9.17) is 29.2 Å². The van der Waals surface area contributed by atoms with Crippen LogP contribution in [-0.4, -0.2) is 95.0 Å². The van der Waals surface area contributed by atoms with Crippen molar-refractivity contribution in [2.24, 2.45) is 0 Å². The van der Waals surface area contributed by atoms with Gasteiger partial charge < -0.3 is 29.2 Å². The number of rotatable bonds is 21. The summed E-state index contributed by atoms with van der Waals surface area (Å²) in [6, 6.07) is 0. The molecule has 0 radical (unpaired) electrons. The fraction of sp³-hybridized carbons (Fsp3) is 0.727. The molecule has 0 amide bonds. The van der Waals surface area contributed by atoms with Crippen molar-refractivity contribution >= 4 is 59.3 Å². The van der Waals surface area contributed by atoms with Crippen molar-refractivity contribution < 1.29 is 57.9 Å². The zero-order valence-electron chi connectivity index (χ0n) is 20.4. The lowest BCUT2D eigenvalue weighted by molar-refractivity contribution is -0.165. The smallest absolute Gasteiger partial charge is 0.306 e. The van der Waals surface area contributed by atoms with Crippen molar-refractivity contribution in [3.63, 3.8) is 0 Å². The molecule has 14 heteroatoms. The van der Waals surface area contributed by atoms with Crippen molar-refractivity contribution in [3.8, 4) is 0 Å². The number of carbonyl (C=O) groups excluding carboxylic acids is 4. The Morgan fingerprint density at radius 2 is 1.14 bits per heavy atom. The molecule has 0 rings (SSSR count). The van der Waals surface area contributed by atoms with E-state index in [1.807, 2.05) is 6.92 Å². The molecule has 2 atom stereocenters. The van der Waals surface area contributed by atoms with Crippen LogP contribution in [0.5, 0.6) is 0 Å². The predicted octanol–water partition coefficient (Wildman–Crippen LogP) is 1.91. The van der Waals surface area contributed by atoms with Gasteiger partial charge in [0.1, 0.15) is 25.4 Å². The van der Waals surface area contributed by atoms with E-state index in [-0.39, 0.29) is 55.7 Å². The fourth-order valence-corrected chi connectivity index (χ4v) is 4.09. The maximum Gasteiger partial charge on any atom is 0.306 e. The van der Waals surface area contributed by atoms with E-state index < -0.39 is 54.9 Å². The van der Waals surface area contributed by atoms with E-state index in [9.17, 15) is 28.8 Å². The second-order valence-electron chi connectivity index (χ2n) is 7.32. The van der Waals surface area contributed by atoms with Gasteiger partial charge in [0.25, 0.3) is 0 Å². The van der Waals surface area contributed by atoms with Crippen LogP contribution in [0.3, 0.4) is 0 Å². The van der Waals surface area contributed by atoms with E-state index in [0.29, 0.717) is 12.8 Å². The number of carbonyl (C=O) groups is 6. The Bertz CT molecular complexity index is 728. The number of esters is 4. The van der Waals surface area contributed by atoms with Gasteiger partial charge in [0.15, 0.2) is 0 Å². The van der Waals surface area contributed by atoms with Crippen molar-refractivity contribution in [1.29, 1.82) is 0 Å². The van der Waals surface area contributed by atoms with Crippen molar-refractivity contribution in [3.05, 3.63) is 0 Å². The van der Waals surface area contributed by atoms with Crippen LogP contribution in [0.1, 0.15) is 51.9 Å². The van der Waals surface area contributed by atoms with Gasteiger partial charge in [0, 0.05) is 23.7 Å². The molecule has 0 aliphatic rings. The summed E-state index contributed by atoms with van der Waals surface area (Å²) in [4.78, 5) is 68.7.